The first-order valence-electron chi connectivity index (χ1n) is 7.66. The Hall–Kier alpha value is -0.450. The second-order valence-electron chi connectivity index (χ2n) is 7.12. The third-order valence-electron chi connectivity index (χ3n) is 4.69. The Labute approximate surface area is 127 Å². The molecule has 2 rings (SSSR count). The standard InChI is InChI=1S/C16H29N3S/c1-12-15(20-11-18-12)10-19(5)9-13-8-16(2,3)7-6-14(13)17-4/h11,13-14,17H,6-10H2,1-5H3. The summed E-state index contributed by atoms with van der Waals surface area (Å²) in [6.45, 7) is 9.15. The molecule has 114 valence electrons. The average molecular weight is 295 g/mol. The maximum atomic E-state index is 4.35. The van der Waals surface area contributed by atoms with Crippen molar-refractivity contribution in [3.63, 3.8) is 0 Å². The molecule has 2 unspecified atom stereocenters. The number of rotatable bonds is 5. The van der Waals surface area contributed by atoms with E-state index in [9.17, 15) is 0 Å². The van der Waals surface area contributed by atoms with E-state index in [4.69, 9.17) is 0 Å². The molecule has 1 aliphatic rings. The molecule has 1 aromatic rings. The second-order valence-corrected chi connectivity index (χ2v) is 8.06. The lowest BCUT2D eigenvalue weighted by atomic mass is 9.70. The van der Waals surface area contributed by atoms with E-state index in [0.717, 1.165) is 12.5 Å². The molecule has 1 aliphatic carbocycles. The zero-order chi connectivity index (χ0) is 14.8. The molecule has 1 fully saturated rings. The van der Waals surface area contributed by atoms with Gasteiger partial charge in [0.1, 0.15) is 0 Å². The van der Waals surface area contributed by atoms with Crippen LogP contribution in [0.1, 0.15) is 43.7 Å². The zero-order valence-electron chi connectivity index (χ0n) is 13.6. The minimum absolute atomic E-state index is 0.499. The maximum absolute atomic E-state index is 4.35. The molecule has 1 N–H and O–H groups in total. The highest BCUT2D eigenvalue weighted by atomic mass is 32.1. The molecular weight excluding hydrogens is 266 g/mol. The number of nitrogens with zero attached hydrogens (tertiary/aromatic N) is 2. The molecule has 1 aromatic heterocycles. The lowest BCUT2D eigenvalue weighted by Crippen LogP contribution is -2.45. The van der Waals surface area contributed by atoms with Gasteiger partial charge in [-0.3, -0.25) is 0 Å². The van der Waals surface area contributed by atoms with Crippen molar-refractivity contribution in [3.05, 3.63) is 16.1 Å². The Bertz CT molecular complexity index is 427. The second kappa shape index (κ2) is 6.54. The number of aromatic nitrogens is 1. The minimum Gasteiger partial charge on any atom is -0.317 e. The number of aryl methyl sites for hydroxylation is 1. The van der Waals surface area contributed by atoms with Crippen molar-refractivity contribution in [2.45, 2.75) is 52.6 Å². The van der Waals surface area contributed by atoms with E-state index in [-0.39, 0.29) is 0 Å². The lowest BCUT2D eigenvalue weighted by molar-refractivity contribution is 0.110. The van der Waals surface area contributed by atoms with Crippen LogP contribution in [-0.2, 0) is 6.54 Å². The van der Waals surface area contributed by atoms with Gasteiger partial charge in [0.25, 0.3) is 0 Å². The SMILES string of the molecule is CNC1CCC(C)(C)CC1CN(C)Cc1scnc1C. The van der Waals surface area contributed by atoms with Gasteiger partial charge in [-0.25, -0.2) is 4.98 Å². The molecule has 0 saturated heterocycles. The first kappa shape index (κ1) is 15.9. The highest BCUT2D eigenvalue weighted by Crippen LogP contribution is 2.39. The van der Waals surface area contributed by atoms with Crippen LogP contribution in [-0.4, -0.2) is 36.6 Å². The molecule has 0 amide bonds. The summed E-state index contributed by atoms with van der Waals surface area (Å²) < 4.78 is 0. The first-order valence-corrected chi connectivity index (χ1v) is 8.54. The molecule has 0 bridgehead atoms. The molecule has 0 radical (unpaired) electrons. The largest absolute Gasteiger partial charge is 0.317 e. The van der Waals surface area contributed by atoms with Crippen LogP contribution in [0.2, 0.25) is 0 Å². The Morgan fingerprint density at radius 2 is 2.25 bits per heavy atom. The van der Waals surface area contributed by atoms with Gasteiger partial charge in [-0.15, -0.1) is 11.3 Å². The lowest BCUT2D eigenvalue weighted by Gasteiger charge is -2.42. The van der Waals surface area contributed by atoms with Crippen LogP contribution in [0.5, 0.6) is 0 Å². The fourth-order valence-corrected chi connectivity index (χ4v) is 4.35. The summed E-state index contributed by atoms with van der Waals surface area (Å²) >= 11 is 1.78. The molecular formula is C16H29N3S. The smallest absolute Gasteiger partial charge is 0.0798 e. The summed E-state index contributed by atoms with van der Waals surface area (Å²) in [7, 11) is 4.36. The van der Waals surface area contributed by atoms with Gasteiger partial charge in [0.15, 0.2) is 0 Å². The summed E-state index contributed by atoms with van der Waals surface area (Å²) in [6, 6.07) is 0.674. The molecule has 1 saturated carbocycles. The van der Waals surface area contributed by atoms with Crippen LogP contribution in [0.3, 0.4) is 0 Å². The third-order valence-corrected chi connectivity index (χ3v) is 5.61. The van der Waals surface area contributed by atoms with Crippen molar-refractivity contribution in [1.82, 2.24) is 15.2 Å². The van der Waals surface area contributed by atoms with E-state index >= 15 is 0 Å². The molecule has 0 spiro atoms. The van der Waals surface area contributed by atoms with Gasteiger partial charge in [0.2, 0.25) is 0 Å². The van der Waals surface area contributed by atoms with Crippen LogP contribution in [0.4, 0.5) is 0 Å². The fraction of sp³-hybridized carbons (Fsp3) is 0.812. The van der Waals surface area contributed by atoms with Crippen LogP contribution in [0.15, 0.2) is 5.51 Å². The van der Waals surface area contributed by atoms with E-state index in [1.165, 1.54) is 36.4 Å². The molecule has 20 heavy (non-hydrogen) atoms. The number of nitrogens with one attached hydrogen (secondary N) is 1. The summed E-state index contributed by atoms with van der Waals surface area (Å²) in [5.74, 6) is 0.752. The van der Waals surface area contributed by atoms with Crippen molar-refractivity contribution in [2.24, 2.45) is 11.3 Å². The molecule has 1 heterocycles. The van der Waals surface area contributed by atoms with Crippen molar-refractivity contribution >= 4 is 11.3 Å². The van der Waals surface area contributed by atoms with Gasteiger partial charge < -0.3 is 10.2 Å². The van der Waals surface area contributed by atoms with Crippen molar-refractivity contribution in [2.75, 3.05) is 20.6 Å². The summed E-state index contributed by atoms with van der Waals surface area (Å²) in [4.78, 5) is 8.23. The maximum Gasteiger partial charge on any atom is 0.0798 e. The van der Waals surface area contributed by atoms with Crippen LogP contribution in [0, 0.1) is 18.3 Å². The third kappa shape index (κ3) is 4.03. The fourth-order valence-electron chi connectivity index (χ4n) is 3.50. The quantitative estimate of drug-likeness (QED) is 0.903. The molecule has 4 heteroatoms. The Morgan fingerprint density at radius 3 is 2.85 bits per heavy atom. The molecule has 3 nitrogen and oxygen atoms in total. The van der Waals surface area contributed by atoms with E-state index in [1.807, 2.05) is 5.51 Å². The monoisotopic (exact) mass is 295 g/mol. The van der Waals surface area contributed by atoms with Crippen LogP contribution in [0.25, 0.3) is 0 Å². The highest BCUT2D eigenvalue weighted by Gasteiger charge is 2.34. The van der Waals surface area contributed by atoms with Crippen molar-refractivity contribution in [3.8, 4) is 0 Å². The summed E-state index contributed by atoms with van der Waals surface area (Å²) in [5, 5.41) is 3.53. The van der Waals surface area contributed by atoms with Gasteiger partial charge in [-0.1, -0.05) is 13.8 Å². The summed E-state index contributed by atoms with van der Waals surface area (Å²) in [5.41, 5.74) is 3.65. The Morgan fingerprint density at radius 1 is 1.50 bits per heavy atom. The zero-order valence-corrected chi connectivity index (χ0v) is 14.4. The normalized spacial score (nSPS) is 26.1. The molecule has 0 aliphatic heterocycles. The summed E-state index contributed by atoms with van der Waals surface area (Å²) in [6.07, 6.45) is 3.97. The van der Waals surface area contributed by atoms with Gasteiger partial charge in [-0.2, -0.15) is 0 Å². The van der Waals surface area contributed by atoms with E-state index in [1.54, 1.807) is 11.3 Å². The number of thiazole rings is 1. The molecule has 0 aromatic carbocycles. The van der Waals surface area contributed by atoms with Crippen LogP contribution < -0.4 is 5.32 Å². The Kier molecular flexibility index (Phi) is 5.21. The van der Waals surface area contributed by atoms with Gasteiger partial charge in [-0.05, 0) is 51.6 Å². The topological polar surface area (TPSA) is 28.2 Å². The Balaban J connectivity index is 1.94. The predicted octanol–water partition coefficient (Wildman–Crippen LogP) is 3.30. The van der Waals surface area contributed by atoms with E-state index in [0.29, 0.717) is 11.5 Å². The number of hydrogen-bond acceptors (Lipinski definition) is 4. The van der Waals surface area contributed by atoms with Crippen molar-refractivity contribution < 1.29 is 0 Å². The van der Waals surface area contributed by atoms with Crippen molar-refractivity contribution in [1.29, 1.82) is 0 Å². The van der Waals surface area contributed by atoms with Gasteiger partial charge in [0.05, 0.1) is 11.2 Å². The molecule has 2 atom stereocenters. The van der Waals surface area contributed by atoms with Gasteiger partial charge in [0, 0.05) is 24.0 Å². The minimum atomic E-state index is 0.499. The van der Waals surface area contributed by atoms with E-state index in [2.05, 4.69) is 50.1 Å². The average Bonchev–Trinajstić information content (AvgIpc) is 2.74. The highest BCUT2D eigenvalue weighted by molar-refractivity contribution is 7.09. The number of hydrogen-bond donors (Lipinski definition) is 1. The van der Waals surface area contributed by atoms with Gasteiger partial charge >= 0.3 is 0 Å². The van der Waals surface area contributed by atoms with E-state index < -0.39 is 0 Å². The van der Waals surface area contributed by atoms with Crippen LogP contribution >= 0.6 is 11.3 Å². The first-order chi connectivity index (χ1) is 9.41. The predicted molar refractivity (Wildman–Crippen MR) is 87.2 cm³/mol.